The number of hydrogen-bond acceptors (Lipinski definition) is 3. The van der Waals surface area contributed by atoms with Gasteiger partial charge in [0, 0.05) is 20.1 Å². The fraction of sp³-hybridized carbons (Fsp3) is 0.412. The summed E-state index contributed by atoms with van der Waals surface area (Å²) in [6.07, 6.45) is 3.01. The van der Waals surface area contributed by atoms with E-state index in [1.165, 1.54) is 16.5 Å². The molecule has 0 aliphatic carbocycles. The number of rotatable bonds is 4. The van der Waals surface area contributed by atoms with Crippen LogP contribution in [0.1, 0.15) is 24.3 Å². The van der Waals surface area contributed by atoms with E-state index < -0.39 is 0 Å². The second-order valence-electron chi connectivity index (χ2n) is 5.65. The van der Waals surface area contributed by atoms with Crippen LogP contribution in [-0.2, 0) is 9.59 Å². The molecule has 1 aromatic carbocycles. The van der Waals surface area contributed by atoms with E-state index >= 15 is 0 Å². The Morgan fingerprint density at radius 3 is 2.45 bits per heavy atom. The summed E-state index contributed by atoms with van der Waals surface area (Å²) in [6, 6.07) is 7.27. The molecule has 1 N–H and O–H groups in total. The minimum atomic E-state index is -0.243. The van der Waals surface area contributed by atoms with Crippen LogP contribution in [0.15, 0.2) is 36.9 Å². The van der Waals surface area contributed by atoms with Crippen LogP contribution in [0.5, 0.6) is 5.75 Å². The van der Waals surface area contributed by atoms with Gasteiger partial charge in [-0.3, -0.25) is 9.59 Å². The molecule has 0 bridgehead atoms. The molecule has 22 heavy (non-hydrogen) atoms. The van der Waals surface area contributed by atoms with E-state index in [2.05, 4.69) is 6.58 Å². The molecule has 118 valence electrons. The summed E-state index contributed by atoms with van der Waals surface area (Å²) in [6.45, 7) is 4.90. The predicted octanol–water partition coefficient (Wildman–Crippen LogP) is 1.74. The predicted molar refractivity (Wildman–Crippen MR) is 84.5 cm³/mol. The summed E-state index contributed by atoms with van der Waals surface area (Å²) in [5, 5.41) is 9.33. The lowest BCUT2D eigenvalue weighted by Gasteiger charge is -2.33. The number of carbonyl (C=O) groups excluding carboxylic acids is 2. The van der Waals surface area contributed by atoms with Crippen molar-refractivity contribution in [1.29, 1.82) is 0 Å². The SMILES string of the molecule is C=CC(=O)N(C)CC(=O)N1CCC(c2ccc(O)cc2)CC1. The van der Waals surface area contributed by atoms with Crippen LogP contribution in [0.25, 0.3) is 0 Å². The lowest BCUT2D eigenvalue weighted by atomic mass is 9.89. The first kappa shape index (κ1) is 16.1. The summed E-state index contributed by atoms with van der Waals surface area (Å²) in [5.41, 5.74) is 1.20. The van der Waals surface area contributed by atoms with Gasteiger partial charge in [0.1, 0.15) is 5.75 Å². The normalized spacial score (nSPS) is 15.4. The average molecular weight is 302 g/mol. The number of carbonyl (C=O) groups is 2. The van der Waals surface area contributed by atoms with Crippen molar-refractivity contribution in [3.8, 4) is 5.75 Å². The van der Waals surface area contributed by atoms with E-state index in [0.29, 0.717) is 19.0 Å². The standard InChI is InChI=1S/C17H22N2O3/c1-3-16(21)18(2)12-17(22)19-10-8-14(9-11-19)13-4-6-15(20)7-5-13/h3-7,14,20H,1,8-12H2,2H3. The van der Waals surface area contributed by atoms with Gasteiger partial charge in [-0.1, -0.05) is 18.7 Å². The number of hydrogen-bond donors (Lipinski definition) is 1. The summed E-state index contributed by atoms with van der Waals surface area (Å²) in [4.78, 5) is 26.8. The Hall–Kier alpha value is -2.30. The number of phenolic OH excluding ortho intramolecular Hbond substituents is 1. The number of phenols is 1. The highest BCUT2D eigenvalue weighted by Gasteiger charge is 2.24. The molecular formula is C17H22N2O3. The number of amides is 2. The quantitative estimate of drug-likeness (QED) is 0.862. The van der Waals surface area contributed by atoms with Crippen LogP contribution in [-0.4, -0.2) is 53.4 Å². The maximum absolute atomic E-state index is 12.2. The van der Waals surface area contributed by atoms with Crippen molar-refractivity contribution >= 4 is 11.8 Å². The van der Waals surface area contributed by atoms with Crippen molar-refractivity contribution in [3.05, 3.63) is 42.5 Å². The van der Waals surface area contributed by atoms with E-state index in [-0.39, 0.29) is 24.1 Å². The minimum Gasteiger partial charge on any atom is -0.508 e. The van der Waals surface area contributed by atoms with Crippen LogP contribution in [0, 0.1) is 0 Å². The summed E-state index contributed by atoms with van der Waals surface area (Å²) in [5.74, 6) is 0.414. The molecule has 5 heteroatoms. The molecule has 0 atom stereocenters. The van der Waals surface area contributed by atoms with E-state index in [4.69, 9.17) is 0 Å². The molecule has 2 rings (SSSR count). The number of piperidine rings is 1. The highest BCUT2D eigenvalue weighted by atomic mass is 16.3. The summed E-state index contributed by atoms with van der Waals surface area (Å²) >= 11 is 0. The van der Waals surface area contributed by atoms with Crippen LogP contribution >= 0.6 is 0 Å². The molecule has 0 unspecified atom stereocenters. The Labute approximate surface area is 130 Å². The Morgan fingerprint density at radius 2 is 1.91 bits per heavy atom. The largest absolute Gasteiger partial charge is 0.508 e. The summed E-state index contributed by atoms with van der Waals surface area (Å²) in [7, 11) is 1.60. The van der Waals surface area contributed by atoms with Crippen molar-refractivity contribution in [2.45, 2.75) is 18.8 Å². The average Bonchev–Trinajstić information content (AvgIpc) is 2.54. The van der Waals surface area contributed by atoms with E-state index in [1.54, 1.807) is 19.2 Å². The van der Waals surface area contributed by atoms with Crippen LogP contribution in [0.3, 0.4) is 0 Å². The van der Waals surface area contributed by atoms with E-state index in [9.17, 15) is 14.7 Å². The molecule has 1 aliphatic rings. The number of likely N-dealkylation sites (N-methyl/N-ethyl adjacent to an activating group) is 1. The number of benzene rings is 1. The van der Waals surface area contributed by atoms with E-state index in [0.717, 1.165) is 12.8 Å². The van der Waals surface area contributed by atoms with Crippen LogP contribution < -0.4 is 0 Å². The molecule has 1 aromatic rings. The lowest BCUT2D eigenvalue weighted by molar-refractivity contribution is -0.138. The topological polar surface area (TPSA) is 60.9 Å². The maximum Gasteiger partial charge on any atom is 0.246 e. The first-order chi connectivity index (χ1) is 10.5. The Balaban J connectivity index is 1.86. The van der Waals surface area contributed by atoms with Gasteiger partial charge in [-0.05, 0) is 42.5 Å². The van der Waals surface area contributed by atoms with Crippen molar-refractivity contribution in [2.75, 3.05) is 26.7 Å². The number of nitrogens with zero attached hydrogens (tertiary/aromatic N) is 2. The highest BCUT2D eigenvalue weighted by molar-refractivity contribution is 5.90. The second kappa shape index (κ2) is 7.11. The molecule has 1 heterocycles. The smallest absolute Gasteiger partial charge is 0.246 e. The van der Waals surface area contributed by atoms with Gasteiger partial charge in [0.05, 0.1) is 6.54 Å². The molecular weight excluding hydrogens is 280 g/mol. The zero-order valence-corrected chi connectivity index (χ0v) is 12.9. The third kappa shape index (κ3) is 3.87. The van der Waals surface area contributed by atoms with Gasteiger partial charge in [-0.25, -0.2) is 0 Å². The fourth-order valence-corrected chi connectivity index (χ4v) is 2.75. The molecule has 1 fully saturated rings. The van der Waals surface area contributed by atoms with Gasteiger partial charge in [0.25, 0.3) is 0 Å². The first-order valence-electron chi connectivity index (χ1n) is 7.45. The molecule has 0 aromatic heterocycles. The Kier molecular flexibility index (Phi) is 5.20. The monoisotopic (exact) mass is 302 g/mol. The maximum atomic E-state index is 12.2. The lowest BCUT2D eigenvalue weighted by Crippen LogP contribution is -2.44. The zero-order valence-electron chi connectivity index (χ0n) is 12.9. The molecule has 0 radical (unpaired) electrons. The molecule has 0 saturated carbocycles. The number of aromatic hydroxyl groups is 1. The fourth-order valence-electron chi connectivity index (χ4n) is 2.75. The zero-order chi connectivity index (χ0) is 16.1. The van der Waals surface area contributed by atoms with Crippen molar-refractivity contribution < 1.29 is 14.7 Å². The van der Waals surface area contributed by atoms with Crippen LogP contribution in [0.4, 0.5) is 0 Å². The Bertz CT molecular complexity index is 546. The van der Waals surface area contributed by atoms with E-state index in [1.807, 2.05) is 17.0 Å². The van der Waals surface area contributed by atoms with Crippen molar-refractivity contribution in [1.82, 2.24) is 9.80 Å². The summed E-state index contributed by atoms with van der Waals surface area (Å²) < 4.78 is 0. The van der Waals surface area contributed by atoms with Crippen molar-refractivity contribution in [2.24, 2.45) is 0 Å². The third-order valence-corrected chi connectivity index (χ3v) is 4.14. The molecule has 0 spiro atoms. The third-order valence-electron chi connectivity index (χ3n) is 4.14. The van der Waals surface area contributed by atoms with Gasteiger partial charge in [-0.15, -0.1) is 0 Å². The van der Waals surface area contributed by atoms with Gasteiger partial charge < -0.3 is 14.9 Å². The van der Waals surface area contributed by atoms with Gasteiger partial charge >= 0.3 is 0 Å². The Morgan fingerprint density at radius 1 is 1.32 bits per heavy atom. The van der Waals surface area contributed by atoms with Gasteiger partial charge in [0.15, 0.2) is 0 Å². The molecule has 1 aliphatic heterocycles. The molecule has 5 nitrogen and oxygen atoms in total. The number of likely N-dealkylation sites (tertiary alicyclic amines) is 1. The van der Waals surface area contributed by atoms with Gasteiger partial charge in [0.2, 0.25) is 11.8 Å². The van der Waals surface area contributed by atoms with Crippen LogP contribution in [0.2, 0.25) is 0 Å². The minimum absolute atomic E-state index is 0.0261. The highest BCUT2D eigenvalue weighted by Crippen LogP contribution is 2.29. The first-order valence-corrected chi connectivity index (χ1v) is 7.45. The van der Waals surface area contributed by atoms with Crippen molar-refractivity contribution in [3.63, 3.8) is 0 Å². The molecule has 1 saturated heterocycles. The molecule has 2 amide bonds. The van der Waals surface area contributed by atoms with Gasteiger partial charge in [-0.2, -0.15) is 0 Å². The second-order valence-corrected chi connectivity index (χ2v) is 5.65.